The summed E-state index contributed by atoms with van der Waals surface area (Å²) in [6.07, 6.45) is 55.0. The molecule has 0 aromatic rings. The number of carbonyl (C=O) groups is 2. The minimum Gasteiger partial charge on any atom is -0.462 e. The number of carbonyl (C=O) groups excluding carboxylic acids is 2. The van der Waals surface area contributed by atoms with Gasteiger partial charge < -0.3 is 14.2 Å². The molecule has 0 bridgehead atoms. The topological polar surface area (TPSA) is 61.8 Å². The van der Waals surface area contributed by atoms with Crippen LogP contribution in [-0.2, 0) is 23.8 Å². The highest BCUT2D eigenvalue weighted by Crippen LogP contribution is 2.13. The Morgan fingerprint density at radius 2 is 0.833 bits per heavy atom. The van der Waals surface area contributed by atoms with Gasteiger partial charge in [-0.2, -0.15) is 0 Å². The van der Waals surface area contributed by atoms with Crippen LogP contribution < -0.4 is 0 Å². The van der Waals surface area contributed by atoms with Gasteiger partial charge in [-0.05, 0) is 64.2 Å². The van der Waals surface area contributed by atoms with Crippen LogP contribution in [-0.4, -0.2) is 37.9 Å². The molecule has 5 heteroatoms. The maximum Gasteiger partial charge on any atom is 0.306 e. The van der Waals surface area contributed by atoms with Crippen molar-refractivity contribution < 1.29 is 23.8 Å². The summed E-state index contributed by atoms with van der Waals surface area (Å²) in [5.74, 6) is -0.434. The maximum atomic E-state index is 12.7. The van der Waals surface area contributed by atoms with E-state index in [1.165, 1.54) is 96.3 Å². The van der Waals surface area contributed by atoms with Gasteiger partial charge >= 0.3 is 11.9 Å². The third-order valence-corrected chi connectivity index (χ3v) is 9.57. The Balaban J connectivity index is 4.24. The van der Waals surface area contributed by atoms with Gasteiger partial charge in [0.1, 0.15) is 6.61 Å². The fraction of sp³-hybridized carbons (Fsp3) is 0.755. The Bertz CT molecular complexity index is 946. The van der Waals surface area contributed by atoms with Crippen LogP contribution >= 0.6 is 0 Å². The third-order valence-electron chi connectivity index (χ3n) is 9.57. The average Bonchev–Trinajstić information content (AvgIpc) is 3.17. The highest BCUT2D eigenvalue weighted by Gasteiger charge is 2.17. The molecule has 0 aliphatic rings. The lowest BCUT2D eigenvalue weighted by atomic mass is 10.1. The number of hydrogen-bond donors (Lipinski definition) is 0. The van der Waals surface area contributed by atoms with E-state index in [0.29, 0.717) is 19.4 Å². The van der Waals surface area contributed by atoms with Crippen LogP contribution in [0.25, 0.3) is 0 Å². The largest absolute Gasteiger partial charge is 0.462 e. The monoisotopic (exact) mass is 755 g/mol. The van der Waals surface area contributed by atoms with Crippen molar-refractivity contribution in [3.05, 3.63) is 60.8 Å². The summed E-state index contributed by atoms with van der Waals surface area (Å²) in [6, 6.07) is 0. The van der Waals surface area contributed by atoms with Crippen LogP contribution in [0.5, 0.6) is 0 Å². The van der Waals surface area contributed by atoms with Crippen molar-refractivity contribution in [3.63, 3.8) is 0 Å². The van der Waals surface area contributed by atoms with Crippen molar-refractivity contribution >= 4 is 11.9 Å². The minimum atomic E-state index is -0.543. The Kier molecular flexibility index (Phi) is 43.0. The van der Waals surface area contributed by atoms with Gasteiger partial charge in [-0.3, -0.25) is 9.59 Å². The highest BCUT2D eigenvalue weighted by molar-refractivity contribution is 5.70. The summed E-state index contributed by atoms with van der Waals surface area (Å²) >= 11 is 0. The second-order valence-electron chi connectivity index (χ2n) is 14.9. The Morgan fingerprint density at radius 3 is 1.33 bits per heavy atom. The molecule has 0 amide bonds. The van der Waals surface area contributed by atoms with Crippen LogP contribution in [0.3, 0.4) is 0 Å². The van der Waals surface area contributed by atoms with E-state index < -0.39 is 6.10 Å². The summed E-state index contributed by atoms with van der Waals surface area (Å²) < 4.78 is 17.2. The SMILES string of the molecule is CC/C=C\C/C=C\C/C=C\C/C=C\C/C=C\CCCCCC(=O)OCC(COCCCCCCCCCCCC)OC(=O)CCCCCCCCCCC. The van der Waals surface area contributed by atoms with Crippen LogP contribution in [0.15, 0.2) is 60.8 Å². The molecule has 312 valence electrons. The van der Waals surface area contributed by atoms with Gasteiger partial charge in [0.25, 0.3) is 0 Å². The number of unbranched alkanes of at least 4 members (excludes halogenated alkanes) is 20. The Labute approximate surface area is 334 Å². The molecule has 5 nitrogen and oxygen atoms in total. The zero-order valence-corrected chi connectivity index (χ0v) is 35.7. The van der Waals surface area contributed by atoms with Gasteiger partial charge in [0, 0.05) is 19.4 Å². The van der Waals surface area contributed by atoms with Gasteiger partial charge in [0.05, 0.1) is 6.61 Å². The molecule has 0 aromatic heterocycles. The van der Waals surface area contributed by atoms with E-state index in [1.54, 1.807) is 0 Å². The van der Waals surface area contributed by atoms with Gasteiger partial charge in [0.2, 0.25) is 0 Å². The number of ether oxygens (including phenoxy) is 3. The highest BCUT2D eigenvalue weighted by atomic mass is 16.6. The number of allylic oxidation sites excluding steroid dienone is 10. The molecule has 0 rings (SSSR count). The van der Waals surface area contributed by atoms with Gasteiger partial charge in [-0.1, -0.05) is 197 Å². The molecule has 0 aromatic carbocycles. The van der Waals surface area contributed by atoms with E-state index >= 15 is 0 Å². The molecular formula is C49H86O5. The standard InChI is InChI=1S/C49H86O5/c1-4-7-10-13-16-19-21-22-23-24-25-26-27-28-29-31-33-36-39-42-48(50)53-46-47(45-52-44-41-38-35-32-20-17-14-11-8-5-2)54-49(51)43-40-37-34-30-18-15-12-9-6-3/h7,10,16,19,22-23,25-26,28-29,47H,4-6,8-9,11-15,17-18,20-21,24,27,30-46H2,1-3H3/b10-7-,19-16-,23-22-,26-25-,29-28-. The zero-order valence-electron chi connectivity index (χ0n) is 35.7. The lowest BCUT2D eigenvalue weighted by Crippen LogP contribution is -2.30. The average molecular weight is 755 g/mol. The molecule has 0 heterocycles. The van der Waals surface area contributed by atoms with E-state index in [-0.39, 0.29) is 25.2 Å². The maximum absolute atomic E-state index is 12.7. The van der Waals surface area contributed by atoms with Crippen molar-refractivity contribution in [1.82, 2.24) is 0 Å². The van der Waals surface area contributed by atoms with Crippen LogP contribution in [0.4, 0.5) is 0 Å². The predicted octanol–water partition coefficient (Wildman–Crippen LogP) is 15.0. The first-order valence-corrected chi connectivity index (χ1v) is 22.8. The fourth-order valence-electron chi connectivity index (χ4n) is 6.18. The first-order chi connectivity index (χ1) is 26.6. The van der Waals surface area contributed by atoms with Crippen LogP contribution in [0.1, 0.15) is 213 Å². The molecule has 1 atom stereocenters. The summed E-state index contributed by atoms with van der Waals surface area (Å²) in [5, 5.41) is 0. The first-order valence-electron chi connectivity index (χ1n) is 22.8. The molecule has 0 radical (unpaired) electrons. The number of hydrogen-bond acceptors (Lipinski definition) is 5. The van der Waals surface area contributed by atoms with Gasteiger partial charge in [0.15, 0.2) is 6.10 Å². The number of esters is 2. The molecule has 0 N–H and O–H groups in total. The van der Waals surface area contributed by atoms with E-state index in [1.807, 2.05) is 0 Å². The van der Waals surface area contributed by atoms with E-state index in [9.17, 15) is 9.59 Å². The van der Waals surface area contributed by atoms with Gasteiger partial charge in [-0.25, -0.2) is 0 Å². The van der Waals surface area contributed by atoms with Crippen molar-refractivity contribution in [1.29, 1.82) is 0 Å². The van der Waals surface area contributed by atoms with E-state index in [0.717, 1.165) is 83.5 Å². The van der Waals surface area contributed by atoms with Crippen LogP contribution in [0.2, 0.25) is 0 Å². The molecule has 0 saturated heterocycles. The molecule has 1 unspecified atom stereocenters. The van der Waals surface area contributed by atoms with E-state index in [4.69, 9.17) is 14.2 Å². The first kappa shape index (κ1) is 51.6. The summed E-state index contributed by atoms with van der Waals surface area (Å²) in [5.41, 5.74) is 0. The molecule has 0 aliphatic carbocycles. The Morgan fingerprint density at radius 1 is 0.426 bits per heavy atom. The van der Waals surface area contributed by atoms with E-state index in [2.05, 4.69) is 81.5 Å². The second-order valence-corrected chi connectivity index (χ2v) is 14.9. The smallest absolute Gasteiger partial charge is 0.306 e. The molecule has 54 heavy (non-hydrogen) atoms. The van der Waals surface area contributed by atoms with Crippen molar-refractivity contribution in [2.24, 2.45) is 0 Å². The normalized spacial score (nSPS) is 12.7. The Hall–Kier alpha value is -2.40. The van der Waals surface area contributed by atoms with Crippen LogP contribution in [0, 0.1) is 0 Å². The molecule has 0 fully saturated rings. The third kappa shape index (κ3) is 42.3. The summed E-state index contributed by atoms with van der Waals surface area (Å²) in [7, 11) is 0. The second kappa shape index (κ2) is 45.0. The summed E-state index contributed by atoms with van der Waals surface area (Å²) in [4.78, 5) is 25.2. The molecular weight excluding hydrogens is 669 g/mol. The van der Waals surface area contributed by atoms with Crippen molar-refractivity contribution in [2.45, 2.75) is 219 Å². The van der Waals surface area contributed by atoms with Crippen molar-refractivity contribution in [2.75, 3.05) is 19.8 Å². The zero-order chi connectivity index (χ0) is 39.3. The van der Waals surface area contributed by atoms with Gasteiger partial charge in [-0.15, -0.1) is 0 Å². The lowest BCUT2D eigenvalue weighted by Gasteiger charge is -2.18. The summed E-state index contributed by atoms with van der Waals surface area (Å²) in [6.45, 7) is 7.66. The minimum absolute atomic E-state index is 0.0698. The molecule has 0 spiro atoms. The van der Waals surface area contributed by atoms with Crippen molar-refractivity contribution in [3.8, 4) is 0 Å². The lowest BCUT2D eigenvalue weighted by molar-refractivity contribution is -0.163. The molecule has 0 saturated carbocycles. The number of rotatable bonds is 41. The quantitative estimate of drug-likeness (QED) is 0.0353. The fourth-order valence-corrected chi connectivity index (χ4v) is 6.18. The predicted molar refractivity (Wildman–Crippen MR) is 233 cm³/mol. The molecule has 0 aliphatic heterocycles.